The third kappa shape index (κ3) is 5.82. The number of hydrogen-bond acceptors (Lipinski definition) is 4. The second kappa shape index (κ2) is 8.44. The number of hydrogen-bond donors (Lipinski definition) is 1. The Hall–Kier alpha value is -0.860. The maximum Gasteiger partial charge on any atom is 0.407 e. The van der Waals surface area contributed by atoms with E-state index < -0.39 is 21.9 Å². The minimum atomic E-state index is -3.51. The van der Waals surface area contributed by atoms with Gasteiger partial charge in [0.25, 0.3) is 10.2 Å². The molecule has 0 aromatic heterocycles. The highest BCUT2D eigenvalue weighted by atomic mass is 32.2. The van der Waals surface area contributed by atoms with Crippen molar-refractivity contribution in [3.05, 3.63) is 0 Å². The van der Waals surface area contributed by atoms with Crippen LogP contribution >= 0.6 is 0 Å². The highest BCUT2D eigenvalue weighted by Crippen LogP contribution is 2.28. The van der Waals surface area contributed by atoms with E-state index in [0.717, 1.165) is 25.7 Å². The van der Waals surface area contributed by atoms with Crippen LogP contribution in [0.4, 0.5) is 4.79 Å². The Morgan fingerprint density at radius 3 is 2.35 bits per heavy atom. The first-order valence-corrected chi connectivity index (χ1v) is 11.1. The molecule has 0 aliphatic carbocycles. The molecule has 0 aromatic carbocycles. The molecule has 0 spiro atoms. The summed E-state index contributed by atoms with van der Waals surface area (Å²) in [6.45, 7) is 11.6. The van der Waals surface area contributed by atoms with Crippen molar-refractivity contribution in [2.75, 3.05) is 26.2 Å². The smallest absolute Gasteiger partial charge is 0.407 e. The standard InChI is InChI=1S/C18H35N3O4S/c1-14-10-15(2)13-20(12-14)26(23,24)21-9-7-6-8-16(21)11-19-17(22)25-18(3,4)5/h14-16H,6-13H2,1-5H3,(H,19,22). The van der Waals surface area contributed by atoms with Gasteiger partial charge in [-0.2, -0.15) is 17.0 Å². The first-order valence-electron chi connectivity index (χ1n) is 9.73. The predicted molar refractivity (Wildman–Crippen MR) is 102 cm³/mol. The van der Waals surface area contributed by atoms with Crippen LogP contribution in [0.25, 0.3) is 0 Å². The van der Waals surface area contributed by atoms with E-state index in [1.165, 1.54) is 0 Å². The molecule has 1 amide bonds. The molecule has 0 saturated carbocycles. The van der Waals surface area contributed by atoms with E-state index in [-0.39, 0.29) is 12.6 Å². The molecule has 0 bridgehead atoms. The Kier molecular flexibility index (Phi) is 6.96. The molecule has 2 aliphatic heterocycles. The molecule has 7 nitrogen and oxygen atoms in total. The van der Waals surface area contributed by atoms with Gasteiger partial charge >= 0.3 is 6.09 Å². The lowest BCUT2D eigenvalue weighted by Crippen LogP contribution is -2.56. The molecular weight excluding hydrogens is 354 g/mol. The van der Waals surface area contributed by atoms with Crippen LogP contribution in [0.5, 0.6) is 0 Å². The number of piperidine rings is 2. The van der Waals surface area contributed by atoms with Crippen molar-refractivity contribution in [3.63, 3.8) is 0 Å². The van der Waals surface area contributed by atoms with Gasteiger partial charge < -0.3 is 10.1 Å². The quantitative estimate of drug-likeness (QED) is 0.801. The number of amides is 1. The fraction of sp³-hybridized carbons (Fsp3) is 0.944. The van der Waals surface area contributed by atoms with Gasteiger partial charge in [-0.1, -0.05) is 20.3 Å². The molecule has 2 rings (SSSR count). The topological polar surface area (TPSA) is 79.0 Å². The lowest BCUT2D eigenvalue weighted by Gasteiger charge is -2.41. The van der Waals surface area contributed by atoms with Crippen LogP contribution in [-0.2, 0) is 14.9 Å². The lowest BCUT2D eigenvalue weighted by atomic mass is 9.94. The fourth-order valence-electron chi connectivity index (χ4n) is 3.94. The van der Waals surface area contributed by atoms with Gasteiger partial charge in [-0.25, -0.2) is 4.79 Å². The van der Waals surface area contributed by atoms with Gasteiger partial charge in [-0.3, -0.25) is 0 Å². The van der Waals surface area contributed by atoms with Crippen LogP contribution in [0, 0.1) is 11.8 Å². The summed E-state index contributed by atoms with van der Waals surface area (Å²) in [6, 6.07) is -0.214. The van der Waals surface area contributed by atoms with Gasteiger partial charge in [-0.15, -0.1) is 0 Å². The predicted octanol–water partition coefficient (Wildman–Crippen LogP) is 2.59. The number of ether oxygens (including phenoxy) is 1. The van der Waals surface area contributed by atoms with E-state index in [4.69, 9.17) is 4.74 Å². The van der Waals surface area contributed by atoms with E-state index in [9.17, 15) is 13.2 Å². The lowest BCUT2D eigenvalue weighted by molar-refractivity contribution is 0.0510. The van der Waals surface area contributed by atoms with Gasteiger partial charge in [0.1, 0.15) is 5.60 Å². The molecule has 3 unspecified atom stereocenters. The van der Waals surface area contributed by atoms with E-state index in [0.29, 0.717) is 31.5 Å². The third-order valence-electron chi connectivity index (χ3n) is 4.91. The first-order chi connectivity index (χ1) is 12.0. The highest BCUT2D eigenvalue weighted by Gasteiger charge is 2.39. The highest BCUT2D eigenvalue weighted by molar-refractivity contribution is 7.86. The Bertz CT molecular complexity index is 578. The normalized spacial score (nSPS) is 29.3. The zero-order chi connectivity index (χ0) is 19.5. The molecule has 26 heavy (non-hydrogen) atoms. The Morgan fingerprint density at radius 1 is 1.15 bits per heavy atom. The second-order valence-electron chi connectivity index (χ2n) is 8.91. The van der Waals surface area contributed by atoms with Crippen LogP contribution < -0.4 is 5.32 Å². The third-order valence-corrected chi connectivity index (χ3v) is 6.94. The fourth-order valence-corrected chi connectivity index (χ4v) is 6.04. The van der Waals surface area contributed by atoms with Crippen LogP contribution in [0.15, 0.2) is 0 Å². The van der Waals surface area contributed by atoms with E-state index in [1.807, 2.05) is 20.8 Å². The van der Waals surface area contributed by atoms with E-state index in [2.05, 4.69) is 19.2 Å². The zero-order valence-electron chi connectivity index (χ0n) is 16.8. The second-order valence-corrected chi connectivity index (χ2v) is 10.8. The van der Waals surface area contributed by atoms with Gasteiger partial charge in [-0.05, 0) is 51.9 Å². The number of carbonyl (C=O) groups is 1. The zero-order valence-corrected chi connectivity index (χ0v) is 17.6. The van der Waals surface area contributed by atoms with Gasteiger partial charge in [0.05, 0.1) is 0 Å². The largest absolute Gasteiger partial charge is 0.444 e. The molecule has 0 radical (unpaired) electrons. The number of nitrogens with one attached hydrogen (secondary N) is 1. The molecule has 2 fully saturated rings. The van der Waals surface area contributed by atoms with Gasteiger partial charge in [0.2, 0.25) is 0 Å². The maximum absolute atomic E-state index is 13.2. The summed E-state index contributed by atoms with van der Waals surface area (Å²) >= 11 is 0. The number of nitrogens with zero attached hydrogens (tertiary/aromatic N) is 2. The number of alkyl carbamates (subject to hydrolysis) is 1. The summed E-state index contributed by atoms with van der Waals surface area (Å²) < 4.78 is 34.9. The van der Waals surface area contributed by atoms with Crippen molar-refractivity contribution in [1.82, 2.24) is 13.9 Å². The van der Waals surface area contributed by atoms with Crippen molar-refractivity contribution in [3.8, 4) is 0 Å². The SMILES string of the molecule is CC1CC(C)CN(S(=O)(=O)N2CCCCC2CNC(=O)OC(C)(C)C)C1. The Morgan fingerprint density at radius 2 is 1.77 bits per heavy atom. The summed E-state index contributed by atoms with van der Waals surface area (Å²) in [4.78, 5) is 11.9. The number of carbonyl (C=O) groups excluding carboxylic acids is 1. The molecule has 0 aromatic rings. The Balaban J connectivity index is 2.04. The molecular formula is C18H35N3O4S. The van der Waals surface area contributed by atoms with E-state index in [1.54, 1.807) is 8.61 Å². The van der Waals surface area contributed by atoms with Crippen molar-refractivity contribution in [1.29, 1.82) is 0 Å². The van der Waals surface area contributed by atoms with Crippen LogP contribution in [-0.4, -0.2) is 60.9 Å². The molecule has 2 aliphatic rings. The number of rotatable bonds is 4. The summed E-state index contributed by atoms with van der Waals surface area (Å²) in [5.41, 5.74) is -0.567. The summed E-state index contributed by atoms with van der Waals surface area (Å²) in [5.74, 6) is 0.744. The average Bonchev–Trinajstić information content (AvgIpc) is 2.50. The first kappa shape index (κ1) is 21.4. The van der Waals surface area contributed by atoms with Gasteiger partial charge in [0.15, 0.2) is 0 Å². The molecule has 8 heteroatoms. The van der Waals surface area contributed by atoms with Crippen molar-refractivity contribution in [2.24, 2.45) is 11.8 Å². The molecule has 152 valence electrons. The molecule has 2 heterocycles. The minimum Gasteiger partial charge on any atom is -0.444 e. The van der Waals surface area contributed by atoms with Crippen LogP contribution in [0.2, 0.25) is 0 Å². The monoisotopic (exact) mass is 389 g/mol. The van der Waals surface area contributed by atoms with Crippen LogP contribution in [0.1, 0.15) is 60.3 Å². The molecule has 2 saturated heterocycles. The maximum atomic E-state index is 13.2. The van der Waals surface area contributed by atoms with Gasteiger partial charge in [0, 0.05) is 32.2 Å². The molecule has 1 N–H and O–H groups in total. The van der Waals surface area contributed by atoms with Crippen molar-refractivity contribution >= 4 is 16.3 Å². The average molecular weight is 390 g/mol. The summed E-state index contributed by atoms with van der Waals surface area (Å²) in [7, 11) is -3.51. The minimum absolute atomic E-state index is 0.214. The summed E-state index contributed by atoms with van der Waals surface area (Å²) in [6.07, 6.45) is 3.16. The Labute approximate surface area is 158 Å². The van der Waals surface area contributed by atoms with Crippen molar-refractivity contribution < 1.29 is 17.9 Å². The van der Waals surface area contributed by atoms with E-state index >= 15 is 0 Å². The summed E-state index contributed by atoms with van der Waals surface area (Å²) in [5, 5.41) is 2.75. The van der Waals surface area contributed by atoms with Crippen molar-refractivity contribution in [2.45, 2.75) is 71.9 Å². The molecule has 3 atom stereocenters. The van der Waals surface area contributed by atoms with Crippen LogP contribution in [0.3, 0.4) is 0 Å².